The molecule has 4 rings (SSSR count). The molecule has 0 aliphatic heterocycles. The van der Waals surface area contributed by atoms with Gasteiger partial charge in [-0.1, -0.05) is 75.0 Å². The van der Waals surface area contributed by atoms with Crippen molar-refractivity contribution in [1.82, 2.24) is 15.2 Å². The Morgan fingerprint density at radius 2 is 1.77 bits per heavy atom. The molecule has 26 heavy (non-hydrogen) atoms. The van der Waals surface area contributed by atoms with Crippen LogP contribution in [0, 0.1) is 0 Å². The predicted molar refractivity (Wildman–Crippen MR) is 106 cm³/mol. The number of aromatic amines is 1. The van der Waals surface area contributed by atoms with Crippen molar-refractivity contribution in [2.24, 2.45) is 0 Å². The van der Waals surface area contributed by atoms with Gasteiger partial charge in [0.05, 0.1) is 5.56 Å². The van der Waals surface area contributed by atoms with E-state index in [1.165, 1.54) is 11.1 Å². The summed E-state index contributed by atoms with van der Waals surface area (Å²) in [4.78, 5) is 3.24. The van der Waals surface area contributed by atoms with Crippen molar-refractivity contribution in [2.75, 3.05) is 0 Å². The number of fused-ring (bicyclic) bond motifs is 1. The second-order valence-electron chi connectivity index (χ2n) is 7.36. The summed E-state index contributed by atoms with van der Waals surface area (Å²) in [7, 11) is 0. The molecule has 0 radical (unpaired) electrons. The number of hydrogen-bond donors (Lipinski definition) is 1. The van der Waals surface area contributed by atoms with Crippen molar-refractivity contribution < 1.29 is 4.42 Å². The third-order valence-electron chi connectivity index (χ3n) is 4.41. The Morgan fingerprint density at radius 3 is 2.54 bits per heavy atom. The number of thioether (sulfide) groups is 1. The second-order valence-corrected chi connectivity index (χ2v) is 8.28. The van der Waals surface area contributed by atoms with Crippen molar-refractivity contribution in [3.8, 4) is 11.5 Å². The molecule has 4 aromatic rings. The number of para-hydroxylation sites is 1. The van der Waals surface area contributed by atoms with E-state index in [4.69, 9.17) is 4.42 Å². The van der Waals surface area contributed by atoms with Crippen LogP contribution in [-0.4, -0.2) is 15.2 Å². The fraction of sp³-hybridized carbons (Fsp3) is 0.238. The van der Waals surface area contributed by atoms with Crippen LogP contribution < -0.4 is 0 Å². The van der Waals surface area contributed by atoms with Gasteiger partial charge in [-0.15, -0.1) is 10.2 Å². The Labute approximate surface area is 157 Å². The molecule has 1 N–H and O–H groups in total. The van der Waals surface area contributed by atoms with Crippen molar-refractivity contribution in [1.29, 1.82) is 0 Å². The van der Waals surface area contributed by atoms with Crippen molar-refractivity contribution >= 4 is 22.7 Å². The largest absolute Gasteiger partial charge is 0.411 e. The minimum Gasteiger partial charge on any atom is -0.411 e. The normalized spacial score (nSPS) is 12.0. The molecule has 0 aliphatic rings. The van der Waals surface area contributed by atoms with Crippen LogP contribution in [0.2, 0.25) is 0 Å². The summed E-state index contributed by atoms with van der Waals surface area (Å²) in [6.07, 6.45) is 1.91. The first kappa shape index (κ1) is 16.9. The highest BCUT2D eigenvalue weighted by molar-refractivity contribution is 7.98. The predicted octanol–water partition coefficient (Wildman–Crippen LogP) is 5.81. The molecule has 2 aromatic carbocycles. The fourth-order valence-corrected chi connectivity index (χ4v) is 3.59. The van der Waals surface area contributed by atoms with Crippen LogP contribution in [0.25, 0.3) is 22.4 Å². The monoisotopic (exact) mass is 363 g/mol. The molecule has 132 valence electrons. The van der Waals surface area contributed by atoms with E-state index in [9.17, 15) is 0 Å². The zero-order valence-corrected chi connectivity index (χ0v) is 15.9. The third-order valence-corrected chi connectivity index (χ3v) is 5.30. The number of benzene rings is 2. The van der Waals surface area contributed by atoms with E-state index >= 15 is 0 Å². The summed E-state index contributed by atoms with van der Waals surface area (Å²) in [5.74, 6) is 1.35. The van der Waals surface area contributed by atoms with Crippen LogP contribution in [0.3, 0.4) is 0 Å². The second kappa shape index (κ2) is 6.65. The first-order valence-electron chi connectivity index (χ1n) is 8.63. The molecule has 5 heteroatoms. The summed E-state index contributed by atoms with van der Waals surface area (Å²) in [5, 5.41) is 10.1. The Bertz CT molecular complexity index is 1030. The van der Waals surface area contributed by atoms with E-state index in [0.29, 0.717) is 11.1 Å². The first-order valence-corrected chi connectivity index (χ1v) is 9.61. The lowest BCUT2D eigenvalue weighted by atomic mass is 9.87. The van der Waals surface area contributed by atoms with Gasteiger partial charge in [-0.2, -0.15) is 0 Å². The third kappa shape index (κ3) is 3.40. The fourth-order valence-electron chi connectivity index (χ4n) is 2.87. The summed E-state index contributed by atoms with van der Waals surface area (Å²) in [6, 6.07) is 16.8. The van der Waals surface area contributed by atoms with Gasteiger partial charge in [-0.3, -0.25) is 0 Å². The van der Waals surface area contributed by atoms with Gasteiger partial charge >= 0.3 is 0 Å². The van der Waals surface area contributed by atoms with Gasteiger partial charge < -0.3 is 9.40 Å². The maximum atomic E-state index is 5.86. The summed E-state index contributed by atoms with van der Waals surface area (Å²) < 4.78 is 5.86. The Balaban J connectivity index is 1.47. The quantitative estimate of drug-likeness (QED) is 0.465. The molecule has 0 fully saturated rings. The van der Waals surface area contributed by atoms with E-state index in [-0.39, 0.29) is 5.41 Å². The molecular weight excluding hydrogens is 342 g/mol. The lowest BCUT2D eigenvalue weighted by Crippen LogP contribution is -2.10. The average molecular weight is 363 g/mol. The SMILES string of the molecule is CC(C)(C)c1ccc(CSc2nnc(-c3c[nH]c4ccccc34)o2)cc1. The van der Waals surface area contributed by atoms with Gasteiger partial charge in [0.2, 0.25) is 0 Å². The molecule has 0 saturated carbocycles. The van der Waals surface area contributed by atoms with Crippen LogP contribution in [0.4, 0.5) is 0 Å². The van der Waals surface area contributed by atoms with E-state index < -0.39 is 0 Å². The molecule has 0 aliphatic carbocycles. The lowest BCUT2D eigenvalue weighted by Gasteiger charge is -2.19. The summed E-state index contributed by atoms with van der Waals surface area (Å²) in [5.41, 5.74) is 4.76. The number of nitrogens with zero attached hydrogens (tertiary/aromatic N) is 2. The molecule has 0 amide bonds. The maximum absolute atomic E-state index is 5.86. The Morgan fingerprint density at radius 1 is 1.00 bits per heavy atom. The van der Waals surface area contributed by atoms with Crippen molar-refractivity contribution in [2.45, 2.75) is 37.2 Å². The molecule has 4 nitrogen and oxygen atoms in total. The summed E-state index contributed by atoms with van der Waals surface area (Å²) >= 11 is 1.56. The number of nitrogens with one attached hydrogen (secondary N) is 1. The van der Waals surface area contributed by atoms with Crippen molar-refractivity contribution in [3.05, 3.63) is 65.9 Å². The highest BCUT2D eigenvalue weighted by Gasteiger charge is 2.15. The zero-order chi connectivity index (χ0) is 18.1. The standard InChI is InChI=1S/C21H21N3OS/c1-21(2,3)15-10-8-14(9-11-15)13-26-20-24-23-19(25-20)17-12-22-18-7-5-4-6-16(17)18/h4-12,22H,13H2,1-3H3. The minimum atomic E-state index is 0.173. The average Bonchev–Trinajstić information content (AvgIpc) is 3.26. The molecule has 0 unspecified atom stereocenters. The molecule has 0 saturated heterocycles. The summed E-state index contributed by atoms with van der Waals surface area (Å²) in [6.45, 7) is 6.67. The highest BCUT2D eigenvalue weighted by Crippen LogP contribution is 2.31. The first-order chi connectivity index (χ1) is 12.5. The van der Waals surface area contributed by atoms with Gasteiger partial charge in [-0.25, -0.2) is 0 Å². The minimum absolute atomic E-state index is 0.173. The molecule has 0 spiro atoms. The van der Waals surface area contributed by atoms with Crippen LogP contribution in [0.5, 0.6) is 0 Å². The molecular formula is C21H21N3OS. The Kier molecular flexibility index (Phi) is 4.32. The van der Waals surface area contributed by atoms with E-state index in [0.717, 1.165) is 22.2 Å². The molecule has 2 aromatic heterocycles. The van der Waals surface area contributed by atoms with Crippen LogP contribution in [-0.2, 0) is 11.2 Å². The van der Waals surface area contributed by atoms with Crippen molar-refractivity contribution in [3.63, 3.8) is 0 Å². The highest BCUT2D eigenvalue weighted by atomic mass is 32.2. The number of hydrogen-bond acceptors (Lipinski definition) is 4. The molecule has 2 heterocycles. The van der Waals surface area contributed by atoms with E-state index in [1.54, 1.807) is 11.8 Å². The van der Waals surface area contributed by atoms with E-state index in [1.807, 2.05) is 24.4 Å². The smallest absolute Gasteiger partial charge is 0.277 e. The number of rotatable bonds is 4. The number of aromatic nitrogens is 3. The maximum Gasteiger partial charge on any atom is 0.277 e. The number of H-pyrrole nitrogens is 1. The molecule has 0 bridgehead atoms. The van der Waals surface area contributed by atoms with Gasteiger partial charge in [0.15, 0.2) is 0 Å². The zero-order valence-electron chi connectivity index (χ0n) is 15.1. The molecule has 0 atom stereocenters. The van der Waals surface area contributed by atoms with Gasteiger partial charge in [0.25, 0.3) is 11.1 Å². The van der Waals surface area contributed by atoms with Crippen LogP contribution in [0.15, 0.2) is 64.4 Å². The van der Waals surface area contributed by atoms with Gasteiger partial charge in [0, 0.05) is 22.9 Å². The van der Waals surface area contributed by atoms with E-state index in [2.05, 4.69) is 66.3 Å². The Hall–Kier alpha value is -2.53. The van der Waals surface area contributed by atoms with Crippen LogP contribution >= 0.6 is 11.8 Å². The topological polar surface area (TPSA) is 54.7 Å². The van der Waals surface area contributed by atoms with Gasteiger partial charge in [-0.05, 0) is 22.6 Å². The van der Waals surface area contributed by atoms with Gasteiger partial charge in [0.1, 0.15) is 0 Å². The van der Waals surface area contributed by atoms with Crippen LogP contribution in [0.1, 0.15) is 31.9 Å². The lowest BCUT2D eigenvalue weighted by molar-refractivity contribution is 0.466.